The number of aromatic nitrogens is 3. The first-order chi connectivity index (χ1) is 17.8. The zero-order chi connectivity index (χ0) is 26.4. The van der Waals surface area contributed by atoms with E-state index in [0.717, 1.165) is 53.8 Å². The lowest BCUT2D eigenvalue weighted by Gasteiger charge is -2.28. The number of anilines is 4. The van der Waals surface area contributed by atoms with Crippen LogP contribution in [0.5, 0.6) is 0 Å². The van der Waals surface area contributed by atoms with Crippen LogP contribution in [0.25, 0.3) is 6.08 Å². The van der Waals surface area contributed by atoms with E-state index in [2.05, 4.69) is 21.8 Å². The van der Waals surface area contributed by atoms with Gasteiger partial charge < -0.3 is 15.1 Å². The van der Waals surface area contributed by atoms with Crippen LogP contribution in [-0.4, -0.2) is 47.9 Å². The summed E-state index contributed by atoms with van der Waals surface area (Å²) in [6, 6.07) is 10.4. The fourth-order valence-electron chi connectivity index (χ4n) is 4.35. The van der Waals surface area contributed by atoms with E-state index < -0.39 is 11.7 Å². The van der Waals surface area contributed by atoms with E-state index in [1.165, 1.54) is 23.6 Å². The second-order valence-corrected chi connectivity index (χ2v) is 9.76. The standard InChI is InChI=1S/C27H31F3N6S/c1-4-21-23(14-18-35(2)25-22(27(28,29)30)9-8-15-31-25)33-26(36-16-6-5-7-17-36)34-24(21)32-19-10-12-20(37-3)13-11-19/h4,8-13,15H,1,5-7,14,16-18H2,2-3H3,(H,32,33,34). The average Bonchev–Trinajstić information content (AvgIpc) is 2.92. The molecule has 0 spiro atoms. The summed E-state index contributed by atoms with van der Waals surface area (Å²) in [7, 11) is 1.62. The van der Waals surface area contributed by atoms with E-state index in [4.69, 9.17) is 9.97 Å². The number of thioether (sulfide) groups is 1. The van der Waals surface area contributed by atoms with E-state index in [1.54, 1.807) is 24.9 Å². The number of nitrogens with zero attached hydrogens (tertiary/aromatic N) is 5. The predicted octanol–water partition coefficient (Wildman–Crippen LogP) is 6.67. The third kappa shape index (κ3) is 6.54. The Morgan fingerprint density at radius 3 is 2.49 bits per heavy atom. The predicted molar refractivity (Wildman–Crippen MR) is 146 cm³/mol. The molecule has 10 heteroatoms. The summed E-state index contributed by atoms with van der Waals surface area (Å²) in [5, 5.41) is 3.41. The topological polar surface area (TPSA) is 57.2 Å². The molecular formula is C27H31F3N6S. The van der Waals surface area contributed by atoms with Crippen LogP contribution in [0.15, 0.2) is 54.1 Å². The van der Waals surface area contributed by atoms with Gasteiger partial charge in [0.25, 0.3) is 0 Å². The molecule has 0 unspecified atom stereocenters. The summed E-state index contributed by atoms with van der Waals surface area (Å²) < 4.78 is 40.6. The molecule has 1 aliphatic heterocycles. The van der Waals surface area contributed by atoms with E-state index in [0.29, 0.717) is 24.7 Å². The fourth-order valence-corrected chi connectivity index (χ4v) is 4.76. The Morgan fingerprint density at radius 2 is 1.84 bits per heavy atom. The molecule has 1 aliphatic rings. The lowest BCUT2D eigenvalue weighted by Crippen LogP contribution is -2.32. The van der Waals surface area contributed by atoms with Gasteiger partial charge in [0.1, 0.15) is 11.6 Å². The van der Waals surface area contributed by atoms with Gasteiger partial charge >= 0.3 is 6.18 Å². The maximum atomic E-state index is 13.5. The van der Waals surface area contributed by atoms with Crippen molar-refractivity contribution in [2.24, 2.45) is 0 Å². The summed E-state index contributed by atoms with van der Waals surface area (Å²) >= 11 is 1.67. The van der Waals surface area contributed by atoms with Crippen molar-refractivity contribution in [3.8, 4) is 0 Å². The van der Waals surface area contributed by atoms with Gasteiger partial charge in [-0.1, -0.05) is 12.7 Å². The Labute approximate surface area is 220 Å². The molecule has 0 bridgehead atoms. The molecule has 196 valence electrons. The molecule has 1 fully saturated rings. The van der Waals surface area contributed by atoms with Crippen molar-refractivity contribution >= 4 is 41.1 Å². The van der Waals surface area contributed by atoms with Crippen LogP contribution in [0, 0.1) is 0 Å². The molecule has 2 aromatic heterocycles. The lowest BCUT2D eigenvalue weighted by atomic mass is 10.1. The van der Waals surface area contributed by atoms with Crippen LogP contribution in [0.1, 0.15) is 36.1 Å². The molecule has 1 saturated heterocycles. The molecule has 0 atom stereocenters. The first-order valence-electron chi connectivity index (χ1n) is 12.2. The summed E-state index contributed by atoms with van der Waals surface area (Å²) in [5.74, 6) is 1.15. The SMILES string of the molecule is C=Cc1c(CCN(C)c2ncccc2C(F)(F)F)nc(N2CCCCC2)nc1Nc1ccc(SC)cc1. The van der Waals surface area contributed by atoms with Gasteiger partial charge in [0.15, 0.2) is 0 Å². The van der Waals surface area contributed by atoms with Crippen LogP contribution < -0.4 is 15.1 Å². The second-order valence-electron chi connectivity index (χ2n) is 8.88. The van der Waals surface area contributed by atoms with E-state index >= 15 is 0 Å². The van der Waals surface area contributed by atoms with Crippen LogP contribution >= 0.6 is 11.8 Å². The molecule has 3 aromatic rings. The molecule has 1 aromatic carbocycles. The second kappa shape index (κ2) is 11.9. The quantitative estimate of drug-likeness (QED) is 0.311. The number of benzene rings is 1. The van der Waals surface area contributed by atoms with Gasteiger partial charge in [0, 0.05) is 55.4 Å². The minimum absolute atomic E-state index is 0.104. The van der Waals surface area contributed by atoms with E-state index in [-0.39, 0.29) is 5.82 Å². The highest BCUT2D eigenvalue weighted by Gasteiger charge is 2.35. The number of hydrogen-bond donors (Lipinski definition) is 1. The number of alkyl halides is 3. The van der Waals surface area contributed by atoms with Crippen molar-refractivity contribution in [2.75, 3.05) is 48.1 Å². The molecule has 3 heterocycles. The molecule has 0 aliphatic carbocycles. The van der Waals surface area contributed by atoms with Crippen molar-refractivity contribution < 1.29 is 13.2 Å². The Hall–Kier alpha value is -3.27. The Bertz CT molecular complexity index is 1210. The number of likely N-dealkylation sites (N-methyl/N-ethyl adjacent to an activating group) is 1. The zero-order valence-electron chi connectivity index (χ0n) is 21.1. The third-order valence-corrected chi connectivity index (χ3v) is 7.09. The normalized spacial score (nSPS) is 13.9. The molecule has 4 rings (SSSR count). The summed E-state index contributed by atoms with van der Waals surface area (Å²) in [5.41, 5.74) is 1.59. The smallest absolute Gasteiger partial charge is 0.359 e. The minimum atomic E-state index is -4.48. The minimum Gasteiger partial charge on any atom is -0.359 e. The Kier molecular flexibility index (Phi) is 8.58. The van der Waals surface area contributed by atoms with Crippen LogP contribution in [-0.2, 0) is 12.6 Å². The van der Waals surface area contributed by atoms with E-state index in [1.807, 2.05) is 30.5 Å². The van der Waals surface area contributed by atoms with Crippen molar-refractivity contribution in [2.45, 2.75) is 36.8 Å². The number of nitrogens with one attached hydrogen (secondary N) is 1. The molecule has 6 nitrogen and oxygen atoms in total. The molecule has 0 amide bonds. The molecule has 1 N–H and O–H groups in total. The van der Waals surface area contributed by atoms with E-state index in [9.17, 15) is 13.2 Å². The summed E-state index contributed by atoms with van der Waals surface area (Å²) in [6.07, 6.45) is 4.35. The number of piperidine rings is 1. The fraction of sp³-hybridized carbons (Fsp3) is 0.370. The monoisotopic (exact) mass is 528 g/mol. The number of rotatable bonds is 9. The average molecular weight is 529 g/mol. The van der Waals surface area contributed by atoms with Crippen molar-refractivity contribution in [3.05, 3.63) is 66.0 Å². The first kappa shape index (κ1) is 26.8. The van der Waals surface area contributed by atoms with Crippen molar-refractivity contribution in [1.29, 1.82) is 0 Å². The van der Waals surface area contributed by atoms with Crippen LogP contribution in [0.2, 0.25) is 0 Å². The highest BCUT2D eigenvalue weighted by molar-refractivity contribution is 7.98. The number of halogens is 3. The van der Waals surface area contributed by atoms with Crippen LogP contribution in [0.4, 0.5) is 36.4 Å². The number of pyridine rings is 1. The molecule has 37 heavy (non-hydrogen) atoms. The number of hydrogen-bond acceptors (Lipinski definition) is 7. The van der Waals surface area contributed by atoms with Gasteiger partial charge in [-0.2, -0.15) is 18.2 Å². The van der Waals surface area contributed by atoms with Gasteiger partial charge in [-0.25, -0.2) is 9.97 Å². The Morgan fingerprint density at radius 1 is 1.11 bits per heavy atom. The lowest BCUT2D eigenvalue weighted by molar-refractivity contribution is -0.137. The van der Waals surface area contributed by atoms with Gasteiger partial charge in [-0.05, 0) is 61.9 Å². The maximum absolute atomic E-state index is 13.5. The zero-order valence-corrected chi connectivity index (χ0v) is 21.9. The Balaban J connectivity index is 1.65. The first-order valence-corrected chi connectivity index (χ1v) is 13.5. The van der Waals surface area contributed by atoms with Gasteiger partial charge in [-0.15, -0.1) is 11.8 Å². The van der Waals surface area contributed by atoms with Crippen molar-refractivity contribution in [1.82, 2.24) is 15.0 Å². The molecule has 0 radical (unpaired) electrons. The highest BCUT2D eigenvalue weighted by Crippen LogP contribution is 2.35. The maximum Gasteiger partial charge on any atom is 0.419 e. The van der Waals surface area contributed by atoms with Gasteiger partial charge in [-0.3, -0.25) is 0 Å². The summed E-state index contributed by atoms with van der Waals surface area (Å²) in [6.45, 7) is 6.02. The third-order valence-electron chi connectivity index (χ3n) is 6.35. The molecular weight excluding hydrogens is 497 g/mol. The largest absolute Gasteiger partial charge is 0.419 e. The van der Waals surface area contributed by atoms with Gasteiger partial charge in [0.05, 0.1) is 11.3 Å². The molecule has 0 saturated carbocycles. The van der Waals surface area contributed by atoms with Gasteiger partial charge in [0.2, 0.25) is 5.95 Å². The summed E-state index contributed by atoms with van der Waals surface area (Å²) in [4.78, 5) is 18.6. The highest BCUT2D eigenvalue weighted by atomic mass is 32.2. The van der Waals surface area contributed by atoms with Crippen molar-refractivity contribution in [3.63, 3.8) is 0 Å². The van der Waals surface area contributed by atoms with Crippen LogP contribution in [0.3, 0.4) is 0 Å².